The average molecular weight is 479 g/mol. The van der Waals surface area contributed by atoms with Gasteiger partial charge in [0.05, 0.1) is 5.92 Å². The van der Waals surface area contributed by atoms with E-state index in [1.807, 2.05) is 31.2 Å². The first-order valence-electron chi connectivity index (χ1n) is 12.6. The molecule has 2 N–H and O–H groups in total. The molecular formula is C28H34N2O5. The van der Waals surface area contributed by atoms with Gasteiger partial charge < -0.3 is 20.1 Å². The molecule has 1 aliphatic carbocycles. The zero-order valence-electron chi connectivity index (χ0n) is 20.2. The maximum atomic E-state index is 13.3. The predicted octanol–water partition coefficient (Wildman–Crippen LogP) is 4.80. The third kappa shape index (κ3) is 5.50. The van der Waals surface area contributed by atoms with Crippen molar-refractivity contribution < 1.29 is 24.2 Å². The van der Waals surface area contributed by atoms with Crippen molar-refractivity contribution in [2.24, 2.45) is 5.92 Å². The first kappa shape index (κ1) is 24.8. The van der Waals surface area contributed by atoms with Crippen LogP contribution in [0.4, 0.5) is 4.79 Å². The third-order valence-corrected chi connectivity index (χ3v) is 7.14. The number of carbonyl (C=O) groups excluding carboxylic acids is 2. The summed E-state index contributed by atoms with van der Waals surface area (Å²) in [6, 6.07) is 15.5. The fourth-order valence-corrected chi connectivity index (χ4v) is 5.38. The van der Waals surface area contributed by atoms with Gasteiger partial charge in [0.1, 0.15) is 12.6 Å². The number of aliphatic carboxylic acids is 1. The number of carbonyl (C=O) groups is 3. The van der Waals surface area contributed by atoms with Crippen LogP contribution in [0, 0.1) is 5.92 Å². The van der Waals surface area contributed by atoms with Gasteiger partial charge in [-0.1, -0.05) is 74.7 Å². The van der Waals surface area contributed by atoms with Crippen molar-refractivity contribution >= 4 is 18.0 Å². The van der Waals surface area contributed by atoms with Gasteiger partial charge in [0.15, 0.2) is 0 Å². The largest absolute Gasteiger partial charge is 0.480 e. The highest BCUT2D eigenvalue weighted by Gasteiger charge is 2.34. The number of rotatable bonds is 8. The number of hydrogen-bond donors (Lipinski definition) is 2. The highest BCUT2D eigenvalue weighted by Crippen LogP contribution is 2.44. The Morgan fingerprint density at radius 2 is 1.69 bits per heavy atom. The smallest absolute Gasteiger partial charge is 0.407 e. The minimum absolute atomic E-state index is 0.0327. The Morgan fingerprint density at radius 3 is 2.31 bits per heavy atom. The number of carboxylic acids is 1. The molecule has 2 atom stereocenters. The van der Waals surface area contributed by atoms with E-state index in [9.17, 15) is 19.5 Å². The molecule has 0 spiro atoms. The number of nitrogens with zero attached hydrogens (tertiary/aromatic N) is 1. The molecule has 2 aliphatic rings. The van der Waals surface area contributed by atoms with Crippen molar-refractivity contribution in [2.45, 2.75) is 57.4 Å². The van der Waals surface area contributed by atoms with Crippen LogP contribution in [0.5, 0.6) is 0 Å². The Labute approximate surface area is 206 Å². The number of nitrogens with one attached hydrogen (secondary N) is 1. The lowest BCUT2D eigenvalue weighted by molar-refractivity contribution is -0.152. The highest BCUT2D eigenvalue weighted by molar-refractivity contribution is 5.85. The molecule has 1 saturated heterocycles. The van der Waals surface area contributed by atoms with Crippen LogP contribution in [0.3, 0.4) is 0 Å². The second kappa shape index (κ2) is 11.4. The van der Waals surface area contributed by atoms with Crippen molar-refractivity contribution in [3.8, 4) is 11.1 Å². The van der Waals surface area contributed by atoms with Crippen LogP contribution in [-0.2, 0) is 14.3 Å². The van der Waals surface area contributed by atoms with Gasteiger partial charge in [-0.05, 0) is 41.5 Å². The van der Waals surface area contributed by atoms with E-state index in [-0.39, 0.29) is 25.0 Å². The SMILES string of the molecule is CCCC(CNC(=O)OCC1c2ccccc2-c2ccccc21)C(=O)N1CCCCCC1C(=O)O. The molecule has 7 nitrogen and oxygen atoms in total. The topological polar surface area (TPSA) is 95.9 Å². The van der Waals surface area contributed by atoms with Crippen molar-refractivity contribution in [1.29, 1.82) is 0 Å². The standard InChI is InChI=1S/C28H34N2O5/c1-2-10-19(26(31)30-16-9-3-4-15-25(30)27(32)33)17-29-28(34)35-18-24-22-13-7-5-11-20(22)21-12-6-8-14-23(21)24/h5-8,11-14,19,24-25H,2-4,9-10,15-18H2,1H3,(H,29,34)(H,32,33). The van der Waals surface area contributed by atoms with E-state index in [2.05, 4.69) is 29.6 Å². The summed E-state index contributed by atoms with van der Waals surface area (Å²) in [6.45, 7) is 2.76. The maximum absolute atomic E-state index is 13.3. The van der Waals surface area contributed by atoms with Crippen LogP contribution in [0.15, 0.2) is 48.5 Å². The molecule has 35 heavy (non-hydrogen) atoms. The Kier molecular flexibility index (Phi) is 8.06. The number of carboxylic acid groups (broad SMARTS) is 1. The van der Waals surface area contributed by atoms with Crippen LogP contribution >= 0.6 is 0 Å². The summed E-state index contributed by atoms with van der Waals surface area (Å²) in [6.07, 6.45) is 3.76. The molecule has 0 aromatic heterocycles. The summed E-state index contributed by atoms with van der Waals surface area (Å²) in [4.78, 5) is 39.2. The number of alkyl carbamates (subject to hydrolysis) is 1. The van der Waals surface area contributed by atoms with Crippen molar-refractivity contribution in [3.05, 3.63) is 59.7 Å². The molecule has 186 valence electrons. The van der Waals surface area contributed by atoms with Gasteiger partial charge in [0.2, 0.25) is 5.91 Å². The highest BCUT2D eigenvalue weighted by atomic mass is 16.5. The van der Waals surface area contributed by atoms with E-state index < -0.39 is 24.0 Å². The van der Waals surface area contributed by atoms with Gasteiger partial charge in [0.25, 0.3) is 0 Å². The number of amides is 2. The first-order valence-corrected chi connectivity index (χ1v) is 12.6. The minimum atomic E-state index is -0.958. The second-order valence-corrected chi connectivity index (χ2v) is 9.43. The van der Waals surface area contributed by atoms with E-state index in [0.29, 0.717) is 19.4 Å². The molecule has 0 saturated carbocycles. The summed E-state index contributed by atoms with van der Waals surface area (Å²) in [7, 11) is 0. The van der Waals surface area contributed by atoms with Gasteiger partial charge >= 0.3 is 12.1 Å². The quantitative estimate of drug-likeness (QED) is 0.568. The normalized spacial score (nSPS) is 18.2. The zero-order valence-corrected chi connectivity index (χ0v) is 20.2. The van der Waals surface area contributed by atoms with E-state index in [4.69, 9.17) is 4.74 Å². The summed E-state index contributed by atoms with van der Waals surface area (Å²) >= 11 is 0. The van der Waals surface area contributed by atoms with Crippen LogP contribution in [-0.4, -0.2) is 53.7 Å². The lowest BCUT2D eigenvalue weighted by atomic mass is 9.98. The fourth-order valence-electron chi connectivity index (χ4n) is 5.38. The molecule has 1 aliphatic heterocycles. The number of benzene rings is 2. The van der Waals surface area contributed by atoms with E-state index in [1.165, 1.54) is 4.90 Å². The predicted molar refractivity (Wildman–Crippen MR) is 133 cm³/mol. The van der Waals surface area contributed by atoms with E-state index >= 15 is 0 Å². The van der Waals surface area contributed by atoms with Gasteiger partial charge in [-0.3, -0.25) is 4.79 Å². The first-order chi connectivity index (χ1) is 17.0. The maximum Gasteiger partial charge on any atom is 0.407 e. The van der Waals surface area contributed by atoms with Crippen LogP contribution in [0.2, 0.25) is 0 Å². The monoisotopic (exact) mass is 478 g/mol. The molecule has 2 aromatic carbocycles. The van der Waals surface area contributed by atoms with Crippen LogP contribution in [0.25, 0.3) is 11.1 Å². The molecule has 0 bridgehead atoms. The van der Waals surface area contributed by atoms with Gasteiger partial charge in [-0.2, -0.15) is 0 Å². The van der Waals surface area contributed by atoms with Gasteiger partial charge in [0, 0.05) is 19.0 Å². The van der Waals surface area contributed by atoms with Crippen LogP contribution in [0.1, 0.15) is 62.5 Å². The molecule has 2 unspecified atom stereocenters. The van der Waals surface area contributed by atoms with Crippen LogP contribution < -0.4 is 5.32 Å². The number of ether oxygens (including phenoxy) is 1. The Hall–Kier alpha value is -3.35. The molecule has 4 rings (SSSR count). The van der Waals surface area contributed by atoms with Crippen molar-refractivity contribution in [2.75, 3.05) is 19.7 Å². The van der Waals surface area contributed by atoms with E-state index in [0.717, 1.165) is 47.9 Å². The molecule has 1 fully saturated rings. The van der Waals surface area contributed by atoms with Crippen molar-refractivity contribution in [3.63, 3.8) is 0 Å². The lowest BCUT2D eigenvalue weighted by Gasteiger charge is -2.30. The molecule has 7 heteroatoms. The van der Waals surface area contributed by atoms with Gasteiger partial charge in [-0.15, -0.1) is 0 Å². The lowest BCUT2D eigenvalue weighted by Crippen LogP contribution is -2.49. The number of hydrogen-bond acceptors (Lipinski definition) is 4. The van der Waals surface area contributed by atoms with E-state index in [1.54, 1.807) is 0 Å². The number of likely N-dealkylation sites (tertiary alicyclic amines) is 1. The van der Waals surface area contributed by atoms with Gasteiger partial charge in [-0.25, -0.2) is 9.59 Å². The minimum Gasteiger partial charge on any atom is -0.480 e. The Morgan fingerprint density at radius 1 is 1.03 bits per heavy atom. The summed E-state index contributed by atoms with van der Waals surface area (Å²) in [5.74, 6) is -1.66. The molecule has 1 heterocycles. The third-order valence-electron chi connectivity index (χ3n) is 7.14. The summed E-state index contributed by atoms with van der Waals surface area (Å²) in [5, 5.41) is 12.4. The molecule has 0 radical (unpaired) electrons. The average Bonchev–Trinajstić information content (AvgIpc) is 3.00. The summed E-state index contributed by atoms with van der Waals surface area (Å²) < 4.78 is 5.60. The molecular weight excluding hydrogens is 444 g/mol. The second-order valence-electron chi connectivity index (χ2n) is 9.43. The molecule has 2 amide bonds. The zero-order chi connectivity index (χ0) is 24.8. The Bertz CT molecular complexity index is 1020. The number of fused-ring (bicyclic) bond motifs is 3. The summed E-state index contributed by atoms with van der Waals surface area (Å²) in [5.41, 5.74) is 4.61. The van der Waals surface area contributed by atoms with Crippen molar-refractivity contribution in [1.82, 2.24) is 10.2 Å². The Balaban J connectivity index is 1.37. The molecule has 2 aromatic rings. The fraction of sp³-hybridized carbons (Fsp3) is 0.464.